The summed E-state index contributed by atoms with van der Waals surface area (Å²) in [6, 6.07) is 3.88. The second-order valence-corrected chi connectivity index (χ2v) is 4.40. The standard InChI is InChI=1S/C10H11BrN2O/c1-5(12)7-2-6-3-10(14)13-9(6)4-8(7)11/h2,4-5H,3,12H2,1H3,(H,13,14)/t5-/m0/s1. The van der Waals surface area contributed by atoms with E-state index < -0.39 is 0 Å². The Kier molecular flexibility index (Phi) is 2.33. The minimum absolute atomic E-state index is 0.0228. The third kappa shape index (κ3) is 1.55. The second kappa shape index (κ2) is 3.37. The van der Waals surface area contributed by atoms with Crippen molar-refractivity contribution in [2.24, 2.45) is 5.73 Å². The summed E-state index contributed by atoms with van der Waals surface area (Å²) in [6.45, 7) is 1.93. The van der Waals surface area contributed by atoms with Gasteiger partial charge >= 0.3 is 0 Å². The average Bonchev–Trinajstić information content (AvgIpc) is 2.42. The van der Waals surface area contributed by atoms with Gasteiger partial charge in [0.15, 0.2) is 0 Å². The molecule has 1 heterocycles. The molecule has 1 aromatic rings. The zero-order chi connectivity index (χ0) is 10.3. The van der Waals surface area contributed by atoms with Crippen molar-refractivity contribution >= 4 is 27.5 Å². The number of nitrogens with one attached hydrogen (secondary N) is 1. The van der Waals surface area contributed by atoms with E-state index in [0.29, 0.717) is 6.42 Å². The fourth-order valence-electron chi connectivity index (χ4n) is 1.62. The van der Waals surface area contributed by atoms with Crippen LogP contribution in [-0.4, -0.2) is 5.91 Å². The predicted octanol–water partition coefficient (Wildman–Crippen LogP) is 1.96. The van der Waals surface area contributed by atoms with E-state index in [1.165, 1.54) is 0 Å². The molecule has 0 saturated heterocycles. The first-order chi connectivity index (χ1) is 6.58. The van der Waals surface area contributed by atoms with E-state index in [9.17, 15) is 4.79 Å². The summed E-state index contributed by atoms with van der Waals surface area (Å²) in [5.41, 5.74) is 8.78. The number of fused-ring (bicyclic) bond motifs is 1. The van der Waals surface area contributed by atoms with Crippen LogP contribution in [0.5, 0.6) is 0 Å². The summed E-state index contributed by atoms with van der Waals surface area (Å²) >= 11 is 3.44. The van der Waals surface area contributed by atoms with E-state index in [2.05, 4.69) is 21.2 Å². The number of rotatable bonds is 1. The molecule has 2 rings (SSSR count). The molecule has 0 aromatic heterocycles. The van der Waals surface area contributed by atoms with Crippen LogP contribution in [0.3, 0.4) is 0 Å². The van der Waals surface area contributed by atoms with Crippen LogP contribution in [-0.2, 0) is 11.2 Å². The summed E-state index contributed by atoms with van der Waals surface area (Å²) < 4.78 is 0.952. The Bertz CT molecular complexity index is 401. The molecular weight excluding hydrogens is 244 g/mol. The Labute approximate surface area is 90.8 Å². The zero-order valence-electron chi connectivity index (χ0n) is 7.80. The van der Waals surface area contributed by atoms with Crippen LogP contribution in [0.15, 0.2) is 16.6 Å². The Morgan fingerprint density at radius 3 is 2.93 bits per heavy atom. The van der Waals surface area contributed by atoms with Crippen LogP contribution in [0.2, 0.25) is 0 Å². The van der Waals surface area contributed by atoms with Gasteiger partial charge in [0.25, 0.3) is 0 Å². The molecule has 14 heavy (non-hydrogen) atoms. The Morgan fingerprint density at radius 1 is 1.57 bits per heavy atom. The van der Waals surface area contributed by atoms with Crippen molar-refractivity contribution in [3.63, 3.8) is 0 Å². The molecule has 1 aromatic carbocycles. The quantitative estimate of drug-likeness (QED) is 0.805. The molecule has 1 aliphatic rings. The molecular formula is C10H11BrN2O. The normalized spacial score (nSPS) is 16.4. The third-order valence-electron chi connectivity index (χ3n) is 2.34. The lowest BCUT2D eigenvalue weighted by atomic mass is 10.0. The van der Waals surface area contributed by atoms with Crippen molar-refractivity contribution < 1.29 is 4.79 Å². The van der Waals surface area contributed by atoms with Crippen molar-refractivity contribution in [1.82, 2.24) is 0 Å². The molecule has 0 spiro atoms. The van der Waals surface area contributed by atoms with Crippen LogP contribution < -0.4 is 11.1 Å². The largest absolute Gasteiger partial charge is 0.325 e. The van der Waals surface area contributed by atoms with Gasteiger partial charge in [-0.05, 0) is 24.1 Å². The van der Waals surface area contributed by atoms with Crippen LogP contribution in [0.25, 0.3) is 0 Å². The van der Waals surface area contributed by atoms with E-state index in [-0.39, 0.29) is 11.9 Å². The number of anilines is 1. The molecule has 0 aliphatic carbocycles. The molecule has 74 valence electrons. The Hall–Kier alpha value is -0.870. The van der Waals surface area contributed by atoms with Gasteiger partial charge in [-0.1, -0.05) is 22.0 Å². The molecule has 0 saturated carbocycles. The van der Waals surface area contributed by atoms with Crippen molar-refractivity contribution in [2.45, 2.75) is 19.4 Å². The summed E-state index contributed by atoms with van der Waals surface area (Å²) in [4.78, 5) is 11.1. The first kappa shape index (κ1) is 9.68. The lowest BCUT2D eigenvalue weighted by molar-refractivity contribution is -0.115. The molecule has 3 N–H and O–H groups in total. The summed E-state index contributed by atoms with van der Waals surface area (Å²) in [5, 5.41) is 2.79. The lowest BCUT2D eigenvalue weighted by Gasteiger charge is -2.10. The van der Waals surface area contributed by atoms with Crippen LogP contribution in [0, 0.1) is 0 Å². The molecule has 1 amide bonds. The highest BCUT2D eigenvalue weighted by Gasteiger charge is 2.20. The van der Waals surface area contributed by atoms with Gasteiger partial charge in [-0.2, -0.15) is 0 Å². The minimum atomic E-state index is -0.0228. The fraction of sp³-hybridized carbons (Fsp3) is 0.300. The molecule has 3 nitrogen and oxygen atoms in total. The number of carbonyl (C=O) groups excluding carboxylic acids is 1. The monoisotopic (exact) mass is 254 g/mol. The van der Waals surface area contributed by atoms with E-state index in [4.69, 9.17) is 5.73 Å². The van der Waals surface area contributed by atoms with Crippen molar-refractivity contribution in [2.75, 3.05) is 5.32 Å². The van der Waals surface area contributed by atoms with Crippen molar-refractivity contribution in [3.05, 3.63) is 27.7 Å². The molecule has 0 radical (unpaired) electrons. The molecule has 1 atom stereocenters. The van der Waals surface area contributed by atoms with E-state index in [0.717, 1.165) is 21.3 Å². The maximum Gasteiger partial charge on any atom is 0.228 e. The number of nitrogens with two attached hydrogens (primary N) is 1. The number of benzene rings is 1. The highest BCUT2D eigenvalue weighted by atomic mass is 79.9. The van der Waals surface area contributed by atoms with Crippen LogP contribution >= 0.6 is 15.9 Å². The first-order valence-electron chi connectivity index (χ1n) is 4.45. The van der Waals surface area contributed by atoms with Gasteiger partial charge in [-0.15, -0.1) is 0 Å². The van der Waals surface area contributed by atoms with Crippen LogP contribution in [0.4, 0.5) is 5.69 Å². The molecule has 1 aliphatic heterocycles. The van der Waals surface area contributed by atoms with Gasteiger partial charge < -0.3 is 11.1 Å². The van der Waals surface area contributed by atoms with Crippen molar-refractivity contribution in [3.8, 4) is 0 Å². The third-order valence-corrected chi connectivity index (χ3v) is 3.02. The van der Waals surface area contributed by atoms with Gasteiger partial charge in [0.2, 0.25) is 5.91 Å². The highest BCUT2D eigenvalue weighted by molar-refractivity contribution is 9.10. The highest BCUT2D eigenvalue weighted by Crippen LogP contribution is 2.32. The summed E-state index contributed by atoms with van der Waals surface area (Å²) in [6.07, 6.45) is 0.461. The number of hydrogen-bond acceptors (Lipinski definition) is 2. The molecule has 0 bridgehead atoms. The number of carbonyl (C=O) groups is 1. The lowest BCUT2D eigenvalue weighted by Crippen LogP contribution is -2.06. The molecule has 0 unspecified atom stereocenters. The number of amides is 1. The van der Waals surface area contributed by atoms with Crippen molar-refractivity contribution in [1.29, 1.82) is 0 Å². The first-order valence-corrected chi connectivity index (χ1v) is 5.25. The summed E-state index contributed by atoms with van der Waals surface area (Å²) in [5.74, 6) is 0.0497. The van der Waals surface area contributed by atoms with Gasteiger partial charge in [0.1, 0.15) is 0 Å². The Morgan fingerprint density at radius 2 is 2.29 bits per heavy atom. The average molecular weight is 255 g/mol. The van der Waals surface area contributed by atoms with E-state index in [1.54, 1.807) is 0 Å². The van der Waals surface area contributed by atoms with E-state index in [1.807, 2.05) is 19.1 Å². The maximum absolute atomic E-state index is 11.1. The fourth-order valence-corrected chi connectivity index (χ4v) is 2.32. The topological polar surface area (TPSA) is 55.1 Å². The number of hydrogen-bond donors (Lipinski definition) is 2. The minimum Gasteiger partial charge on any atom is -0.325 e. The van der Waals surface area contributed by atoms with E-state index >= 15 is 0 Å². The molecule has 4 heteroatoms. The maximum atomic E-state index is 11.1. The predicted molar refractivity (Wildman–Crippen MR) is 59.1 cm³/mol. The van der Waals surface area contributed by atoms with Gasteiger partial charge in [-0.3, -0.25) is 4.79 Å². The molecule has 0 fully saturated rings. The van der Waals surface area contributed by atoms with Crippen LogP contribution in [0.1, 0.15) is 24.1 Å². The summed E-state index contributed by atoms with van der Waals surface area (Å²) in [7, 11) is 0. The Balaban J connectivity index is 2.50. The zero-order valence-corrected chi connectivity index (χ0v) is 9.39. The SMILES string of the molecule is C[C@H](N)c1cc2c(cc1Br)NC(=O)C2. The smallest absolute Gasteiger partial charge is 0.228 e. The second-order valence-electron chi connectivity index (χ2n) is 3.54. The van der Waals surface area contributed by atoms with Gasteiger partial charge in [0, 0.05) is 16.2 Å². The van der Waals surface area contributed by atoms with Gasteiger partial charge in [-0.25, -0.2) is 0 Å². The van der Waals surface area contributed by atoms with Gasteiger partial charge in [0.05, 0.1) is 6.42 Å². The number of halogens is 1.